The second-order valence-corrected chi connectivity index (χ2v) is 9.84. The number of hydrogen-bond acceptors (Lipinski definition) is 4. The molecule has 166 valence electrons. The SMILES string of the molecule is Cc1ccc(S(=O)(=O)N(CC(=O)N/N=C\c2c(Cl)cccc2Cl)c2ccc(Cl)cc2)cc1. The maximum atomic E-state index is 13.3. The molecule has 0 bridgehead atoms. The number of aryl methyl sites for hydroxylation is 1. The van der Waals surface area contributed by atoms with Gasteiger partial charge in [-0.1, -0.05) is 58.6 Å². The van der Waals surface area contributed by atoms with Crippen LogP contribution in [0.15, 0.2) is 76.7 Å². The first-order chi connectivity index (χ1) is 15.2. The van der Waals surface area contributed by atoms with Crippen molar-refractivity contribution >= 4 is 62.6 Å². The van der Waals surface area contributed by atoms with E-state index in [1.165, 1.54) is 30.5 Å². The summed E-state index contributed by atoms with van der Waals surface area (Å²) >= 11 is 18.1. The Morgan fingerprint density at radius 2 is 1.56 bits per heavy atom. The van der Waals surface area contributed by atoms with Crippen molar-refractivity contribution in [2.75, 3.05) is 10.8 Å². The molecule has 0 spiro atoms. The van der Waals surface area contributed by atoms with Gasteiger partial charge in [-0.3, -0.25) is 9.10 Å². The molecular formula is C22H18Cl3N3O3S. The van der Waals surface area contributed by atoms with Crippen LogP contribution in [0.4, 0.5) is 5.69 Å². The fraction of sp³-hybridized carbons (Fsp3) is 0.0909. The Hall–Kier alpha value is -2.58. The summed E-state index contributed by atoms with van der Waals surface area (Å²) < 4.78 is 27.6. The van der Waals surface area contributed by atoms with E-state index >= 15 is 0 Å². The lowest BCUT2D eigenvalue weighted by molar-refractivity contribution is -0.119. The standard InChI is InChI=1S/C22H18Cl3N3O3S/c1-15-5-11-18(12-6-15)32(30,31)28(17-9-7-16(23)8-10-17)14-22(29)27-26-13-19-20(24)3-2-4-21(19)25/h2-13H,14H2,1H3,(H,27,29)/b26-13-. The lowest BCUT2D eigenvalue weighted by atomic mass is 10.2. The summed E-state index contributed by atoms with van der Waals surface area (Å²) in [5, 5.41) is 5.01. The maximum Gasteiger partial charge on any atom is 0.264 e. The van der Waals surface area contributed by atoms with Crippen LogP contribution in [0.25, 0.3) is 0 Å². The number of nitrogens with zero attached hydrogens (tertiary/aromatic N) is 2. The van der Waals surface area contributed by atoms with Crippen LogP contribution in [0, 0.1) is 6.92 Å². The fourth-order valence-corrected chi connectivity index (χ4v) is 4.77. The van der Waals surface area contributed by atoms with E-state index < -0.39 is 22.5 Å². The molecule has 0 unspecified atom stereocenters. The van der Waals surface area contributed by atoms with Gasteiger partial charge in [0.05, 0.1) is 26.8 Å². The zero-order valence-electron chi connectivity index (χ0n) is 16.8. The third-order valence-electron chi connectivity index (χ3n) is 4.39. The summed E-state index contributed by atoms with van der Waals surface area (Å²) in [6.45, 7) is 1.34. The van der Waals surface area contributed by atoms with E-state index in [1.54, 1.807) is 42.5 Å². The van der Waals surface area contributed by atoms with Crippen LogP contribution in [0.3, 0.4) is 0 Å². The van der Waals surface area contributed by atoms with Gasteiger partial charge in [-0.25, -0.2) is 13.8 Å². The molecule has 32 heavy (non-hydrogen) atoms. The Labute approximate surface area is 201 Å². The number of amides is 1. The van der Waals surface area contributed by atoms with Crippen LogP contribution in [-0.2, 0) is 14.8 Å². The van der Waals surface area contributed by atoms with E-state index in [2.05, 4.69) is 10.5 Å². The molecule has 3 aromatic carbocycles. The van der Waals surface area contributed by atoms with Crippen molar-refractivity contribution in [3.63, 3.8) is 0 Å². The molecule has 0 saturated heterocycles. The third-order valence-corrected chi connectivity index (χ3v) is 7.09. The van der Waals surface area contributed by atoms with Gasteiger partial charge in [0.15, 0.2) is 0 Å². The number of halogens is 3. The second kappa shape index (κ2) is 10.4. The van der Waals surface area contributed by atoms with Crippen molar-refractivity contribution in [1.29, 1.82) is 0 Å². The Morgan fingerprint density at radius 1 is 0.969 bits per heavy atom. The highest BCUT2D eigenvalue weighted by Gasteiger charge is 2.27. The molecule has 0 aliphatic rings. The van der Waals surface area contributed by atoms with E-state index in [0.29, 0.717) is 20.6 Å². The van der Waals surface area contributed by atoms with Crippen molar-refractivity contribution in [2.45, 2.75) is 11.8 Å². The zero-order valence-corrected chi connectivity index (χ0v) is 19.9. The number of carbonyl (C=O) groups is 1. The second-order valence-electron chi connectivity index (χ2n) is 6.73. The van der Waals surface area contributed by atoms with Crippen LogP contribution in [0.2, 0.25) is 15.1 Å². The van der Waals surface area contributed by atoms with E-state index in [-0.39, 0.29) is 10.6 Å². The van der Waals surface area contributed by atoms with Gasteiger partial charge in [-0.2, -0.15) is 5.10 Å². The molecule has 0 saturated carbocycles. The quantitative estimate of drug-likeness (QED) is 0.346. The summed E-state index contributed by atoms with van der Waals surface area (Å²) in [5.74, 6) is -0.657. The summed E-state index contributed by atoms with van der Waals surface area (Å²) in [6, 6.07) is 17.4. The molecular weight excluding hydrogens is 493 g/mol. The van der Waals surface area contributed by atoms with Gasteiger partial charge < -0.3 is 0 Å². The Bertz CT molecular complexity index is 1230. The molecule has 3 aromatic rings. The van der Waals surface area contributed by atoms with Crippen LogP contribution < -0.4 is 9.73 Å². The molecule has 0 aliphatic carbocycles. The van der Waals surface area contributed by atoms with E-state index in [1.807, 2.05) is 6.92 Å². The average molecular weight is 511 g/mol. The predicted octanol–water partition coefficient (Wildman–Crippen LogP) is 5.30. The normalized spacial score (nSPS) is 11.5. The van der Waals surface area contributed by atoms with Gasteiger partial charge in [0.2, 0.25) is 0 Å². The highest BCUT2D eigenvalue weighted by molar-refractivity contribution is 7.92. The van der Waals surface area contributed by atoms with Crippen molar-refractivity contribution in [2.24, 2.45) is 5.10 Å². The molecule has 6 nitrogen and oxygen atoms in total. The monoisotopic (exact) mass is 509 g/mol. The van der Waals surface area contributed by atoms with Gasteiger partial charge in [0.1, 0.15) is 6.54 Å². The lowest BCUT2D eigenvalue weighted by Gasteiger charge is -2.23. The summed E-state index contributed by atoms with van der Waals surface area (Å²) in [7, 11) is -4.03. The average Bonchev–Trinajstić information content (AvgIpc) is 2.75. The number of hydrazone groups is 1. The highest BCUT2D eigenvalue weighted by Crippen LogP contribution is 2.25. The number of sulfonamides is 1. The number of anilines is 1. The molecule has 0 aliphatic heterocycles. The van der Waals surface area contributed by atoms with Gasteiger partial charge >= 0.3 is 0 Å². The molecule has 0 fully saturated rings. The third kappa shape index (κ3) is 5.81. The van der Waals surface area contributed by atoms with Crippen molar-refractivity contribution < 1.29 is 13.2 Å². The zero-order chi connectivity index (χ0) is 23.3. The lowest BCUT2D eigenvalue weighted by Crippen LogP contribution is -2.39. The fourth-order valence-electron chi connectivity index (χ4n) is 2.73. The first-order valence-corrected chi connectivity index (χ1v) is 11.9. The van der Waals surface area contributed by atoms with Gasteiger partial charge in [0.25, 0.3) is 15.9 Å². The molecule has 1 amide bonds. The maximum absolute atomic E-state index is 13.3. The van der Waals surface area contributed by atoms with Crippen LogP contribution >= 0.6 is 34.8 Å². The van der Waals surface area contributed by atoms with E-state index in [0.717, 1.165) is 9.87 Å². The van der Waals surface area contributed by atoms with Crippen LogP contribution in [0.1, 0.15) is 11.1 Å². The van der Waals surface area contributed by atoms with Gasteiger partial charge in [-0.05, 0) is 55.5 Å². The van der Waals surface area contributed by atoms with Crippen LogP contribution in [0.5, 0.6) is 0 Å². The van der Waals surface area contributed by atoms with E-state index in [9.17, 15) is 13.2 Å². The Balaban J connectivity index is 1.85. The minimum Gasteiger partial charge on any atom is -0.271 e. The van der Waals surface area contributed by atoms with Crippen molar-refractivity contribution in [1.82, 2.24) is 5.43 Å². The number of carbonyl (C=O) groups excluding carboxylic acids is 1. The topological polar surface area (TPSA) is 78.8 Å². The van der Waals surface area contributed by atoms with Gasteiger partial charge in [-0.15, -0.1) is 0 Å². The van der Waals surface area contributed by atoms with Crippen molar-refractivity contribution in [3.8, 4) is 0 Å². The molecule has 10 heteroatoms. The smallest absolute Gasteiger partial charge is 0.264 e. The predicted molar refractivity (Wildman–Crippen MR) is 129 cm³/mol. The molecule has 0 atom stereocenters. The number of rotatable bonds is 7. The minimum absolute atomic E-state index is 0.0530. The summed E-state index contributed by atoms with van der Waals surface area (Å²) in [4.78, 5) is 12.6. The highest BCUT2D eigenvalue weighted by atomic mass is 35.5. The molecule has 1 N–H and O–H groups in total. The molecule has 0 heterocycles. The minimum atomic E-state index is -4.03. The Morgan fingerprint density at radius 3 is 2.16 bits per heavy atom. The number of hydrogen-bond donors (Lipinski definition) is 1. The number of benzene rings is 3. The largest absolute Gasteiger partial charge is 0.271 e. The first kappa shape index (κ1) is 24.1. The molecule has 0 radical (unpaired) electrons. The molecule has 0 aromatic heterocycles. The summed E-state index contributed by atoms with van der Waals surface area (Å²) in [6.07, 6.45) is 1.30. The summed E-state index contributed by atoms with van der Waals surface area (Å²) in [5.41, 5.74) is 3.93. The Kier molecular flexibility index (Phi) is 7.79. The first-order valence-electron chi connectivity index (χ1n) is 9.29. The number of nitrogens with one attached hydrogen (secondary N) is 1. The van der Waals surface area contributed by atoms with Crippen LogP contribution in [-0.4, -0.2) is 27.1 Å². The van der Waals surface area contributed by atoms with Crippen molar-refractivity contribution in [3.05, 3.63) is 92.9 Å². The van der Waals surface area contributed by atoms with Gasteiger partial charge in [0, 0.05) is 10.6 Å². The molecule has 3 rings (SSSR count). The van der Waals surface area contributed by atoms with E-state index in [4.69, 9.17) is 34.8 Å².